The first-order valence-corrected chi connectivity index (χ1v) is 5.47. The average molecular weight is 211 g/mol. The first-order chi connectivity index (χ1) is 6.77. The van der Waals surface area contributed by atoms with E-state index in [-0.39, 0.29) is 5.41 Å². The zero-order chi connectivity index (χ0) is 10.0. The van der Waals surface area contributed by atoms with E-state index < -0.39 is 0 Å². The molecule has 2 nitrogen and oxygen atoms in total. The lowest BCUT2D eigenvalue weighted by Gasteiger charge is -2.27. The molecule has 1 aromatic rings. The zero-order valence-corrected chi connectivity index (χ0v) is 8.93. The summed E-state index contributed by atoms with van der Waals surface area (Å²) < 4.78 is 0. The normalized spacial score (nSPS) is 19.9. The van der Waals surface area contributed by atoms with Crippen molar-refractivity contribution in [2.75, 3.05) is 6.54 Å². The Morgan fingerprint density at radius 3 is 2.57 bits per heavy atom. The highest BCUT2D eigenvalue weighted by Gasteiger charge is 2.34. The van der Waals surface area contributed by atoms with Crippen molar-refractivity contribution in [1.29, 1.82) is 0 Å². The second-order valence-corrected chi connectivity index (χ2v) is 4.45. The number of nitrogens with two attached hydrogens (primary N) is 1. The van der Waals surface area contributed by atoms with Gasteiger partial charge < -0.3 is 5.73 Å². The van der Waals surface area contributed by atoms with Crippen LogP contribution in [0.1, 0.15) is 31.2 Å². The van der Waals surface area contributed by atoms with Crippen molar-refractivity contribution in [3.8, 4) is 0 Å². The second-order valence-electron chi connectivity index (χ2n) is 4.06. The van der Waals surface area contributed by atoms with Crippen LogP contribution < -0.4 is 5.73 Å². The molecule has 0 radical (unpaired) electrons. The fraction of sp³-hybridized carbons (Fsp3) is 0.545. The van der Waals surface area contributed by atoms with Crippen LogP contribution >= 0.6 is 11.6 Å². The molecule has 3 heteroatoms. The lowest BCUT2D eigenvalue weighted by Crippen LogP contribution is -2.32. The molecule has 1 fully saturated rings. The van der Waals surface area contributed by atoms with Gasteiger partial charge in [0.1, 0.15) is 5.15 Å². The highest BCUT2D eigenvalue weighted by molar-refractivity contribution is 6.29. The Kier molecular flexibility index (Phi) is 2.75. The Morgan fingerprint density at radius 2 is 2.07 bits per heavy atom. The van der Waals surface area contributed by atoms with Crippen LogP contribution in [0.25, 0.3) is 0 Å². The Bertz CT molecular complexity index is 302. The number of halogens is 1. The summed E-state index contributed by atoms with van der Waals surface area (Å²) in [5.41, 5.74) is 7.31. The van der Waals surface area contributed by atoms with E-state index in [4.69, 9.17) is 17.3 Å². The summed E-state index contributed by atoms with van der Waals surface area (Å²) in [5, 5.41) is 0.555. The SMILES string of the molecule is NCC1(c2ccc(Cl)nc2)CCCC1. The van der Waals surface area contributed by atoms with Crippen LogP contribution in [0.2, 0.25) is 5.15 Å². The fourth-order valence-corrected chi connectivity index (χ4v) is 2.46. The minimum atomic E-state index is 0.178. The lowest BCUT2D eigenvalue weighted by molar-refractivity contribution is 0.451. The molecule has 0 saturated heterocycles. The molecular formula is C11H15ClN2. The van der Waals surface area contributed by atoms with Gasteiger partial charge in [-0.2, -0.15) is 0 Å². The molecule has 0 unspecified atom stereocenters. The van der Waals surface area contributed by atoms with E-state index in [2.05, 4.69) is 11.1 Å². The topological polar surface area (TPSA) is 38.9 Å². The standard InChI is InChI=1S/C11H15ClN2/c12-10-4-3-9(7-14-10)11(8-13)5-1-2-6-11/h3-4,7H,1-2,5-6,8,13H2. The predicted octanol–water partition coefficient (Wildman–Crippen LogP) is 2.51. The summed E-state index contributed by atoms with van der Waals surface area (Å²) in [5.74, 6) is 0. The number of pyridine rings is 1. The Balaban J connectivity index is 2.31. The third-order valence-corrected chi connectivity index (χ3v) is 3.51. The molecule has 1 saturated carbocycles. The molecule has 1 aromatic heterocycles. The van der Waals surface area contributed by atoms with Crippen molar-refractivity contribution in [3.05, 3.63) is 29.0 Å². The van der Waals surface area contributed by atoms with Crippen molar-refractivity contribution >= 4 is 11.6 Å². The van der Waals surface area contributed by atoms with Gasteiger partial charge in [-0.25, -0.2) is 4.98 Å². The molecule has 0 aliphatic heterocycles. The van der Waals surface area contributed by atoms with E-state index in [1.54, 1.807) is 0 Å². The number of rotatable bonds is 2. The third kappa shape index (κ3) is 1.64. The molecule has 0 aromatic carbocycles. The van der Waals surface area contributed by atoms with Crippen LogP contribution in [0.3, 0.4) is 0 Å². The monoisotopic (exact) mass is 210 g/mol. The van der Waals surface area contributed by atoms with Crippen LogP contribution in [-0.4, -0.2) is 11.5 Å². The van der Waals surface area contributed by atoms with Gasteiger partial charge in [0.25, 0.3) is 0 Å². The highest BCUT2D eigenvalue weighted by atomic mass is 35.5. The van der Waals surface area contributed by atoms with Gasteiger partial charge in [0, 0.05) is 18.2 Å². The summed E-state index contributed by atoms with van der Waals surface area (Å²) >= 11 is 5.76. The van der Waals surface area contributed by atoms with Gasteiger partial charge in [-0.15, -0.1) is 0 Å². The maximum atomic E-state index is 5.88. The van der Waals surface area contributed by atoms with E-state index in [0.717, 1.165) is 6.54 Å². The van der Waals surface area contributed by atoms with Gasteiger partial charge in [-0.3, -0.25) is 0 Å². The summed E-state index contributed by atoms with van der Waals surface area (Å²) in [7, 11) is 0. The van der Waals surface area contributed by atoms with Crippen molar-refractivity contribution in [2.24, 2.45) is 5.73 Å². The minimum Gasteiger partial charge on any atom is -0.330 e. The largest absolute Gasteiger partial charge is 0.330 e. The van der Waals surface area contributed by atoms with Crippen LogP contribution in [0.5, 0.6) is 0 Å². The molecule has 0 atom stereocenters. The van der Waals surface area contributed by atoms with Gasteiger partial charge in [-0.05, 0) is 24.5 Å². The quantitative estimate of drug-likeness (QED) is 0.762. The van der Waals surface area contributed by atoms with Gasteiger partial charge in [0.15, 0.2) is 0 Å². The van der Waals surface area contributed by atoms with Crippen molar-refractivity contribution in [2.45, 2.75) is 31.1 Å². The highest BCUT2D eigenvalue weighted by Crippen LogP contribution is 2.39. The number of aromatic nitrogens is 1. The smallest absolute Gasteiger partial charge is 0.129 e. The van der Waals surface area contributed by atoms with E-state index in [0.29, 0.717) is 5.15 Å². The zero-order valence-electron chi connectivity index (χ0n) is 8.17. The van der Waals surface area contributed by atoms with E-state index in [1.165, 1.54) is 31.2 Å². The summed E-state index contributed by atoms with van der Waals surface area (Å²) in [6, 6.07) is 3.92. The first-order valence-electron chi connectivity index (χ1n) is 5.09. The molecule has 2 N–H and O–H groups in total. The van der Waals surface area contributed by atoms with Gasteiger partial charge in [0.2, 0.25) is 0 Å². The van der Waals surface area contributed by atoms with Crippen LogP contribution in [0.4, 0.5) is 0 Å². The number of hydrogen-bond acceptors (Lipinski definition) is 2. The van der Waals surface area contributed by atoms with Crippen LogP contribution in [0, 0.1) is 0 Å². The van der Waals surface area contributed by atoms with Gasteiger partial charge >= 0.3 is 0 Å². The van der Waals surface area contributed by atoms with Crippen molar-refractivity contribution in [3.63, 3.8) is 0 Å². The number of nitrogens with zero attached hydrogens (tertiary/aromatic N) is 1. The van der Waals surface area contributed by atoms with Crippen molar-refractivity contribution < 1.29 is 0 Å². The predicted molar refractivity (Wildman–Crippen MR) is 58.4 cm³/mol. The van der Waals surface area contributed by atoms with E-state index >= 15 is 0 Å². The van der Waals surface area contributed by atoms with Crippen LogP contribution in [0.15, 0.2) is 18.3 Å². The lowest BCUT2D eigenvalue weighted by atomic mass is 9.80. The van der Waals surface area contributed by atoms with Crippen molar-refractivity contribution in [1.82, 2.24) is 4.98 Å². The maximum absolute atomic E-state index is 5.88. The summed E-state index contributed by atoms with van der Waals surface area (Å²) in [6.07, 6.45) is 6.81. The Labute approximate surface area is 89.5 Å². The molecular weight excluding hydrogens is 196 g/mol. The molecule has 1 aliphatic carbocycles. The maximum Gasteiger partial charge on any atom is 0.129 e. The van der Waals surface area contributed by atoms with Gasteiger partial charge in [-0.1, -0.05) is 30.5 Å². The molecule has 0 amide bonds. The van der Waals surface area contributed by atoms with E-state index in [9.17, 15) is 0 Å². The Hall–Kier alpha value is -0.600. The van der Waals surface area contributed by atoms with Crippen LogP contribution in [-0.2, 0) is 5.41 Å². The molecule has 0 bridgehead atoms. The second kappa shape index (κ2) is 3.87. The number of hydrogen-bond donors (Lipinski definition) is 1. The average Bonchev–Trinajstić information content (AvgIpc) is 2.68. The fourth-order valence-electron chi connectivity index (χ4n) is 2.35. The molecule has 14 heavy (non-hydrogen) atoms. The molecule has 0 spiro atoms. The minimum absolute atomic E-state index is 0.178. The van der Waals surface area contributed by atoms with E-state index in [1.807, 2.05) is 12.3 Å². The first kappa shape index (κ1) is 9.94. The van der Waals surface area contributed by atoms with Gasteiger partial charge in [0.05, 0.1) is 0 Å². The Morgan fingerprint density at radius 1 is 1.36 bits per heavy atom. The molecule has 2 rings (SSSR count). The molecule has 76 valence electrons. The molecule has 1 heterocycles. The summed E-state index contributed by atoms with van der Waals surface area (Å²) in [4.78, 5) is 4.13. The molecule has 1 aliphatic rings. The summed E-state index contributed by atoms with van der Waals surface area (Å²) in [6.45, 7) is 0.719. The third-order valence-electron chi connectivity index (χ3n) is 3.29.